The molecule has 1 aliphatic heterocycles. The molecule has 108 valence electrons. The van der Waals surface area contributed by atoms with E-state index >= 15 is 0 Å². The van der Waals surface area contributed by atoms with Crippen LogP contribution in [-0.4, -0.2) is 53.5 Å². The average molecular weight is 271 g/mol. The number of aliphatic carboxylic acids is 1. The van der Waals surface area contributed by atoms with E-state index in [4.69, 9.17) is 14.6 Å². The predicted molar refractivity (Wildman–Crippen MR) is 68.9 cm³/mol. The average Bonchev–Trinajstić information content (AvgIpc) is 2.57. The summed E-state index contributed by atoms with van der Waals surface area (Å²) in [7, 11) is 0. The number of carboxylic acids is 1. The molecule has 1 fully saturated rings. The lowest BCUT2D eigenvalue weighted by Crippen LogP contribution is -2.42. The number of carboxylic acid groups (broad SMARTS) is 1. The Morgan fingerprint density at radius 2 is 2.11 bits per heavy atom. The lowest BCUT2D eigenvalue weighted by Gasteiger charge is -2.28. The van der Waals surface area contributed by atoms with Crippen molar-refractivity contribution in [2.24, 2.45) is 0 Å². The lowest BCUT2D eigenvalue weighted by molar-refractivity contribution is -0.142. The Labute approximate surface area is 113 Å². The first-order valence-corrected chi connectivity index (χ1v) is 6.17. The summed E-state index contributed by atoms with van der Waals surface area (Å²) in [6.07, 6.45) is 0.260. The van der Waals surface area contributed by atoms with Crippen LogP contribution in [0.4, 0.5) is 4.79 Å². The van der Waals surface area contributed by atoms with Gasteiger partial charge in [-0.05, 0) is 27.2 Å². The molecule has 6 heteroatoms. The highest BCUT2D eigenvalue weighted by Crippen LogP contribution is 2.24. The molecule has 0 aromatic carbocycles. The van der Waals surface area contributed by atoms with E-state index in [1.54, 1.807) is 20.8 Å². The Kier molecular flexibility index (Phi) is 4.94. The molecule has 0 aliphatic carbocycles. The quantitative estimate of drug-likeness (QED) is 0.787. The van der Waals surface area contributed by atoms with Crippen LogP contribution in [0.2, 0.25) is 0 Å². The van der Waals surface area contributed by atoms with Gasteiger partial charge < -0.3 is 14.6 Å². The number of nitrogens with zero attached hydrogens (tertiary/aromatic N) is 1. The topological polar surface area (TPSA) is 76.1 Å². The summed E-state index contributed by atoms with van der Waals surface area (Å²) < 4.78 is 10.4. The fraction of sp³-hybridized carbons (Fsp3) is 0.692. The molecule has 0 aromatic heterocycles. The SMILES string of the molecule is C=C1CCN(C(=O)OC(C)(C)C)C1COCC(=O)O. The molecule has 0 aromatic rings. The normalized spacial score (nSPS) is 19.6. The zero-order valence-corrected chi connectivity index (χ0v) is 11.6. The molecule has 1 saturated heterocycles. The lowest BCUT2D eigenvalue weighted by atomic mass is 10.1. The fourth-order valence-corrected chi connectivity index (χ4v) is 1.81. The Morgan fingerprint density at radius 3 is 2.63 bits per heavy atom. The van der Waals surface area contributed by atoms with Crippen molar-refractivity contribution < 1.29 is 24.2 Å². The van der Waals surface area contributed by atoms with E-state index in [-0.39, 0.29) is 19.3 Å². The van der Waals surface area contributed by atoms with E-state index in [1.165, 1.54) is 4.90 Å². The molecule has 1 N–H and O–H groups in total. The summed E-state index contributed by atoms with van der Waals surface area (Å²) in [5, 5.41) is 8.53. The summed E-state index contributed by atoms with van der Waals surface area (Å²) in [4.78, 5) is 23.9. The van der Waals surface area contributed by atoms with Crippen LogP contribution >= 0.6 is 0 Å². The van der Waals surface area contributed by atoms with Crippen molar-refractivity contribution in [1.82, 2.24) is 4.90 Å². The van der Waals surface area contributed by atoms with Crippen molar-refractivity contribution in [1.29, 1.82) is 0 Å². The van der Waals surface area contributed by atoms with Crippen molar-refractivity contribution in [2.45, 2.75) is 38.8 Å². The zero-order valence-electron chi connectivity index (χ0n) is 11.6. The minimum Gasteiger partial charge on any atom is -0.480 e. The van der Waals surface area contributed by atoms with Gasteiger partial charge in [0, 0.05) is 6.54 Å². The van der Waals surface area contributed by atoms with Gasteiger partial charge in [0.05, 0.1) is 12.6 Å². The predicted octanol–water partition coefficient (Wildman–Crippen LogP) is 1.65. The first-order chi connectivity index (χ1) is 8.70. The highest BCUT2D eigenvalue weighted by atomic mass is 16.6. The van der Waals surface area contributed by atoms with Crippen LogP contribution in [-0.2, 0) is 14.3 Å². The summed E-state index contributed by atoms with van der Waals surface area (Å²) in [5.74, 6) is -1.03. The molecule has 1 aliphatic rings. The van der Waals surface area contributed by atoms with Gasteiger partial charge in [-0.25, -0.2) is 9.59 Å². The van der Waals surface area contributed by atoms with Gasteiger partial charge in [0.25, 0.3) is 0 Å². The van der Waals surface area contributed by atoms with E-state index in [2.05, 4.69) is 6.58 Å². The van der Waals surface area contributed by atoms with Crippen LogP contribution in [0.5, 0.6) is 0 Å². The fourth-order valence-electron chi connectivity index (χ4n) is 1.81. The number of ether oxygens (including phenoxy) is 2. The van der Waals surface area contributed by atoms with Crippen LogP contribution in [0.15, 0.2) is 12.2 Å². The summed E-state index contributed by atoms with van der Waals surface area (Å²) >= 11 is 0. The minimum atomic E-state index is -1.03. The molecule has 1 rings (SSSR count). The summed E-state index contributed by atoms with van der Waals surface area (Å²) in [6.45, 7) is 9.55. The molecule has 0 radical (unpaired) electrons. The third-order valence-electron chi connectivity index (χ3n) is 2.65. The van der Waals surface area contributed by atoms with E-state index in [0.717, 1.165) is 5.57 Å². The first kappa shape index (κ1) is 15.5. The molecule has 1 heterocycles. The maximum atomic E-state index is 12.0. The van der Waals surface area contributed by atoms with Gasteiger partial charge in [0.15, 0.2) is 0 Å². The van der Waals surface area contributed by atoms with Gasteiger partial charge in [-0.1, -0.05) is 12.2 Å². The smallest absolute Gasteiger partial charge is 0.410 e. The summed E-state index contributed by atoms with van der Waals surface area (Å²) in [6, 6.07) is -0.311. The maximum Gasteiger partial charge on any atom is 0.410 e. The number of carbonyl (C=O) groups excluding carboxylic acids is 1. The van der Waals surface area contributed by atoms with Crippen molar-refractivity contribution in [2.75, 3.05) is 19.8 Å². The zero-order chi connectivity index (χ0) is 14.6. The van der Waals surface area contributed by atoms with E-state index in [0.29, 0.717) is 13.0 Å². The molecular weight excluding hydrogens is 250 g/mol. The van der Waals surface area contributed by atoms with Crippen LogP contribution in [0.1, 0.15) is 27.2 Å². The number of likely N-dealkylation sites (tertiary alicyclic amines) is 1. The highest BCUT2D eigenvalue weighted by molar-refractivity contribution is 5.70. The Morgan fingerprint density at radius 1 is 1.47 bits per heavy atom. The Bertz CT molecular complexity index is 372. The van der Waals surface area contributed by atoms with Crippen LogP contribution in [0, 0.1) is 0 Å². The standard InChI is InChI=1S/C13H21NO5/c1-9-5-6-14(12(17)19-13(2,3)4)10(9)7-18-8-11(15)16/h10H,1,5-8H2,2-4H3,(H,15,16). The number of hydrogen-bond acceptors (Lipinski definition) is 4. The molecule has 0 saturated carbocycles. The second-order valence-electron chi connectivity index (χ2n) is 5.51. The molecule has 0 spiro atoms. The second-order valence-corrected chi connectivity index (χ2v) is 5.51. The van der Waals surface area contributed by atoms with E-state index < -0.39 is 17.7 Å². The van der Waals surface area contributed by atoms with Gasteiger partial charge in [-0.2, -0.15) is 0 Å². The molecule has 0 bridgehead atoms. The Balaban J connectivity index is 2.58. The second kappa shape index (κ2) is 6.06. The van der Waals surface area contributed by atoms with E-state index in [9.17, 15) is 9.59 Å². The van der Waals surface area contributed by atoms with Gasteiger partial charge in [-0.3, -0.25) is 4.90 Å². The van der Waals surface area contributed by atoms with Gasteiger partial charge in [0.2, 0.25) is 0 Å². The molecule has 1 atom stereocenters. The molecule has 19 heavy (non-hydrogen) atoms. The Hall–Kier alpha value is -1.56. The molecule has 1 unspecified atom stereocenters. The number of carbonyl (C=O) groups is 2. The minimum absolute atomic E-state index is 0.129. The number of hydrogen-bond donors (Lipinski definition) is 1. The van der Waals surface area contributed by atoms with Crippen molar-refractivity contribution >= 4 is 12.1 Å². The molecule has 6 nitrogen and oxygen atoms in total. The molecular formula is C13H21NO5. The number of rotatable bonds is 4. The van der Waals surface area contributed by atoms with Crippen LogP contribution < -0.4 is 0 Å². The van der Waals surface area contributed by atoms with Gasteiger partial charge in [-0.15, -0.1) is 0 Å². The third-order valence-corrected chi connectivity index (χ3v) is 2.65. The molecule has 1 amide bonds. The van der Waals surface area contributed by atoms with E-state index in [1.807, 2.05) is 0 Å². The summed E-state index contributed by atoms with van der Waals surface area (Å²) in [5.41, 5.74) is 0.296. The van der Waals surface area contributed by atoms with Crippen molar-refractivity contribution in [3.63, 3.8) is 0 Å². The number of amides is 1. The van der Waals surface area contributed by atoms with Crippen LogP contribution in [0.3, 0.4) is 0 Å². The van der Waals surface area contributed by atoms with Crippen molar-refractivity contribution in [3.05, 3.63) is 12.2 Å². The highest BCUT2D eigenvalue weighted by Gasteiger charge is 2.34. The first-order valence-electron chi connectivity index (χ1n) is 6.17. The largest absolute Gasteiger partial charge is 0.480 e. The van der Waals surface area contributed by atoms with Gasteiger partial charge >= 0.3 is 12.1 Å². The van der Waals surface area contributed by atoms with Gasteiger partial charge in [0.1, 0.15) is 12.2 Å². The van der Waals surface area contributed by atoms with Crippen LogP contribution in [0.25, 0.3) is 0 Å². The monoisotopic (exact) mass is 271 g/mol. The maximum absolute atomic E-state index is 12.0. The van der Waals surface area contributed by atoms with Crippen molar-refractivity contribution in [3.8, 4) is 0 Å². The third kappa shape index (κ3) is 4.90.